The van der Waals surface area contributed by atoms with Gasteiger partial charge in [-0.15, -0.1) is 0 Å². The highest BCUT2D eigenvalue weighted by Crippen LogP contribution is 2.33. The Balaban J connectivity index is 2.52. The third kappa shape index (κ3) is 3.19. The molecule has 0 spiro atoms. The molecule has 1 atom stereocenters. The molecule has 0 radical (unpaired) electrons. The van der Waals surface area contributed by atoms with Gasteiger partial charge >= 0.3 is 0 Å². The first-order valence-corrected chi connectivity index (χ1v) is 7.96. The van der Waals surface area contributed by atoms with Crippen molar-refractivity contribution in [2.45, 2.75) is 25.9 Å². The summed E-state index contributed by atoms with van der Waals surface area (Å²) in [6.07, 6.45) is 2.68. The van der Waals surface area contributed by atoms with E-state index in [1.165, 1.54) is 0 Å². The van der Waals surface area contributed by atoms with Crippen molar-refractivity contribution in [2.75, 3.05) is 7.05 Å². The lowest BCUT2D eigenvalue weighted by atomic mass is 10.0. The number of hydrogen-bond donors (Lipinski definition) is 1. The zero-order valence-corrected chi connectivity index (χ0v) is 14.4. The Labute approximate surface area is 137 Å². The first-order chi connectivity index (χ1) is 9.58. The minimum absolute atomic E-state index is 0.0958. The number of hydrogen-bond acceptors (Lipinski definition) is 2. The zero-order valence-electron chi connectivity index (χ0n) is 11.3. The first kappa shape index (κ1) is 15.8. The van der Waals surface area contributed by atoms with E-state index in [0.717, 1.165) is 28.7 Å². The van der Waals surface area contributed by atoms with E-state index in [9.17, 15) is 0 Å². The van der Waals surface area contributed by atoms with Gasteiger partial charge in [0.25, 0.3) is 0 Å². The summed E-state index contributed by atoms with van der Waals surface area (Å²) in [6, 6.07) is 5.70. The van der Waals surface area contributed by atoms with Crippen LogP contribution in [0, 0.1) is 0 Å². The van der Waals surface area contributed by atoms with E-state index >= 15 is 0 Å². The summed E-state index contributed by atoms with van der Waals surface area (Å²) in [5, 5.41) is 8.97. The first-order valence-electron chi connectivity index (χ1n) is 6.41. The average molecular weight is 377 g/mol. The van der Waals surface area contributed by atoms with Gasteiger partial charge in [-0.1, -0.05) is 46.1 Å². The van der Waals surface area contributed by atoms with Gasteiger partial charge in [-0.05, 0) is 37.2 Å². The molecule has 2 rings (SSSR count). The molecule has 1 aromatic heterocycles. The van der Waals surface area contributed by atoms with Crippen LogP contribution in [0.2, 0.25) is 10.0 Å². The van der Waals surface area contributed by atoms with Crippen molar-refractivity contribution in [3.05, 3.63) is 50.2 Å². The maximum Gasteiger partial charge on any atom is 0.0837 e. The Hall–Kier alpha value is -0.550. The zero-order chi connectivity index (χ0) is 14.7. The van der Waals surface area contributed by atoms with Gasteiger partial charge in [-0.3, -0.25) is 4.68 Å². The Morgan fingerprint density at radius 3 is 2.75 bits per heavy atom. The molecule has 0 aliphatic rings. The molecule has 1 unspecified atom stereocenters. The fourth-order valence-corrected chi connectivity index (χ4v) is 3.08. The molecule has 0 amide bonds. The Kier molecular flexibility index (Phi) is 5.49. The van der Waals surface area contributed by atoms with Gasteiger partial charge in [-0.2, -0.15) is 5.10 Å². The SMILES string of the molecule is CCCn1ncc(Cl)c1C(NC)c1cc(Br)ccc1Cl. The lowest BCUT2D eigenvalue weighted by molar-refractivity contribution is 0.535. The van der Waals surface area contributed by atoms with Crippen LogP contribution in [0.4, 0.5) is 0 Å². The van der Waals surface area contributed by atoms with Crippen LogP contribution in [0.25, 0.3) is 0 Å². The Morgan fingerprint density at radius 2 is 2.10 bits per heavy atom. The van der Waals surface area contributed by atoms with Crippen molar-refractivity contribution >= 4 is 39.1 Å². The van der Waals surface area contributed by atoms with Crippen LogP contribution in [0.3, 0.4) is 0 Å². The monoisotopic (exact) mass is 375 g/mol. The minimum atomic E-state index is -0.0958. The predicted molar refractivity (Wildman–Crippen MR) is 87.6 cm³/mol. The lowest BCUT2D eigenvalue weighted by Crippen LogP contribution is -2.22. The van der Waals surface area contributed by atoms with Gasteiger partial charge in [0.15, 0.2) is 0 Å². The molecule has 0 fully saturated rings. The number of rotatable bonds is 5. The lowest BCUT2D eigenvalue weighted by Gasteiger charge is -2.20. The Morgan fingerprint density at radius 1 is 1.35 bits per heavy atom. The maximum absolute atomic E-state index is 6.33. The molecule has 0 aliphatic carbocycles. The number of halogens is 3. The summed E-state index contributed by atoms with van der Waals surface area (Å²) in [5.41, 5.74) is 1.92. The van der Waals surface area contributed by atoms with E-state index in [2.05, 4.69) is 33.3 Å². The van der Waals surface area contributed by atoms with E-state index in [1.807, 2.05) is 29.9 Å². The van der Waals surface area contributed by atoms with Gasteiger partial charge in [0.2, 0.25) is 0 Å². The quantitative estimate of drug-likeness (QED) is 0.821. The molecule has 0 aliphatic heterocycles. The molecule has 1 N–H and O–H groups in total. The molecule has 0 bridgehead atoms. The van der Waals surface area contributed by atoms with Crippen LogP contribution >= 0.6 is 39.1 Å². The van der Waals surface area contributed by atoms with Crippen molar-refractivity contribution < 1.29 is 0 Å². The summed E-state index contributed by atoms with van der Waals surface area (Å²) >= 11 is 16.1. The van der Waals surface area contributed by atoms with Gasteiger partial charge in [0.1, 0.15) is 0 Å². The molecule has 0 saturated carbocycles. The van der Waals surface area contributed by atoms with Crippen molar-refractivity contribution in [1.29, 1.82) is 0 Å². The summed E-state index contributed by atoms with van der Waals surface area (Å²) in [5.74, 6) is 0. The van der Waals surface area contributed by atoms with Crippen LogP contribution in [0.1, 0.15) is 30.6 Å². The molecule has 1 heterocycles. The number of aromatic nitrogens is 2. The van der Waals surface area contributed by atoms with Crippen LogP contribution in [0.15, 0.2) is 28.9 Å². The molecule has 108 valence electrons. The van der Waals surface area contributed by atoms with E-state index in [4.69, 9.17) is 23.2 Å². The van der Waals surface area contributed by atoms with Gasteiger partial charge in [-0.25, -0.2) is 0 Å². The van der Waals surface area contributed by atoms with E-state index < -0.39 is 0 Å². The molecule has 1 aromatic carbocycles. The van der Waals surface area contributed by atoms with Crippen LogP contribution in [0.5, 0.6) is 0 Å². The standard InChI is InChI=1S/C14H16BrCl2N3/c1-3-6-20-14(12(17)8-19-20)13(18-2)10-7-9(15)4-5-11(10)16/h4-5,7-8,13,18H,3,6H2,1-2H3. The fourth-order valence-electron chi connectivity index (χ4n) is 2.22. The highest BCUT2D eigenvalue weighted by Gasteiger charge is 2.22. The van der Waals surface area contributed by atoms with E-state index in [-0.39, 0.29) is 6.04 Å². The van der Waals surface area contributed by atoms with Gasteiger partial charge in [0.05, 0.1) is 23.0 Å². The van der Waals surface area contributed by atoms with Crippen LogP contribution < -0.4 is 5.32 Å². The summed E-state index contributed by atoms with van der Waals surface area (Å²) in [7, 11) is 1.89. The highest BCUT2D eigenvalue weighted by atomic mass is 79.9. The summed E-state index contributed by atoms with van der Waals surface area (Å²) < 4.78 is 2.91. The Bertz CT molecular complexity index is 598. The number of benzene rings is 1. The predicted octanol–water partition coefficient (Wildman–Crippen LogP) is 4.67. The second kappa shape index (κ2) is 6.94. The fraction of sp³-hybridized carbons (Fsp3) is 0.357. The van der Waals surface area contributed by atoms with Crippen molar-refractivity contribution in [3.63, 3.8) is 0 Å². The van der Waals surface area contributed by atoms with Crippen LogP contribution in [-0.4, -0.2) is 16.8 Å². The number of aryl methyl sites for hydroxylation is 1. The van der Waals surface area contributed by atoms with Gasteiger partial charge < -0.3 is 5.32 Å². The topological polar surface area (TPSA) is 29.9 Å². The summed E-state index contributed by atoms with van der Waals surface area (Å²) in [6.45, 7) is 2.94. The molecule has 20 heavy (non-hydrogen) atoms. The second-order valence-electron chi connectivity index (χ2n) is 4.49. The minimum Gasteiger partial charge on any atom is -0.308 e. The summed E-state index contributed by atoms with van der Waals surface area (Å²) in [4.78, 5) is 0. The average Bonchev–Trinajstić information content (AvgIpc) is 2.77. The normalized spacial score (nSPS) is 12.7. The maximum atomic E-state index is 6.33. The van der Waals surface area contributed by atoms with Crippen LogP contribution in [-0.2, 0) is 6.54 Å². The van der Waals surface area contributed by atoms with Crippen molar-refractivity contribution in [3.8, 4) is 0 Å². The highest BCUT2D eigenvalue weighted by molar-refractivity contribution is 9.10. The third-order valence-corrected chi connectivity index (χ3v) is 4.23. The van der Waals surface area contributed by atoms with E-state index in [0.29, 0.717) is 10.0 Å². The molecule has 2 aromatic rings. The largest absolute Gasteiger partial charge is 0.308 e. The van der Waals surface area contributed by atoms with Gasteiger partial charge in [0, 0.05) is 16.0 Å². The number of nitrogens with one attached hydrogen (secondary N) is 1. The molecule has 0 saturated heterocycles. The molecular weight excluding hydrogens is 361 g/mol. The van der Waals surface area contributed by atoms with Crippen molar-refractivity contribution in [2.24, 2.45) is 0 Å². The second-order valence-corrected chi connectivity index (χ2v) is 6.22. The number of nitrogens with zero attached hydrogens (tertiary/aromatic N) is 2. The molecule has 6 heteroatoms. The third-order valence-electron chi connectivity index (χ3n) is 3.10. The van der Waals surface area contributed by atoms with Crippen molar-refractivity contribution in [1.82, 2.24) is 15.1 Å². The van der Waals surface area contributed by atoms with E-state index in [1.54, 1.807) is 6.20 Å². The molecule has 3 nitrogen and oxygen atoms in total. The molecular formula is C14H16BrCl2N3. The smallest absolute Gasteiger partial charge is 0.0837 e.